The lowest BCUT2D eigenvalue weighted by Crippen LogP contribution is -1.66. The fourth-order valence-corrected chi connectivity index (χ4v) is 1.81. The summed E-state index contributed by atoms with van der Waals surface area (Å²) in [5.41, 5.74) is 1.78. The lowest BCUT2D eigenvalue weighted by Gasteiger charge is -1.82. The number of hydrogen-bond donors (Lipinski definition) is 0. The summed E-state index contributed by atoms with van der Waals surface area (Å²) >= 11 is 2.18. The van der Waals surface area contributed by atoms with Gasteiger partial charge in [0, 0.05) is 33.5 Å². The zero-order chi connectivity index (χ0) is 7.68. The van der Waals surface area contributed by atoms with Gasteiger partial charge >= 0.3 is 0 Å². The molecular weight excluding hydrogens is 273 g/mol. The van der Waals surface area contributed by atoms with E-state index in [2.05, 4.69) is 26.2 Å². The maximum absolute atomic E-state index is 5.41. The van der Waals surface area contributed by atoms with Crippen molar-refractivity contribution in [2.75, 3.05) is 0 Å². The molecule has 0 spiro atoms. The molecule has 2 rings (SSSR count). The molecule has 2 aromatic rings. The minimum atomic E-state index is 0.853. The Balaban J connectivity index is 2.69. The second-order valence-electron chi connectivity index (χ2n) is 2.03. The highest BCUT2D eigenvalue weighted by atomic mass is 127. The standard InChI is InChI=1S/C7H4INOS/c8-11-7-4-5-6(10-7)2-1-3-9-5/h1-4H. The van der Waals surface area contributed by atoms with Crippen LogP contribution in [0.15, 0.2) is 33.9 Å². The number of aromatic nitrogens is 1. The highest BCUT2D eigenvalue weighted by molar-refractivity contribution is 14.2. The summed E-state index contributed by atoms with van der Waals surface area (Å²) in [7, 11) is 1.56. The van der Waals surface area contributed by atoms with E-state index >= 15 is 0 Å². The van der Waals surface area contributed by atoms with E-state index in [1.165, 1.54) is 0 Å². The molecule has 0 unspecified atom stereocenters. The second-order valence-corrected chi connectivity index (χ2v) is 3.91. The van der Waals surface area contributed by atoms with Crippen LogP contribution < -0.4 is 0 Å². The van der Waals surface area contributed by atoms with E-state index in [0.29, 0.717) is 0 Å². The van der Waals surface area contributed by atoms with Crippen LogP contribution in [0.4, 0.5) is 0 Å². The third kappa shape index (κ3) is 1.37. The number of rotatable bonds is 1. The van der Waals surface area contributed by atoms with E-state index in [9.17, 15) is 0 Å². The van der Waals surface area contributed by atoms with Crippen molar-refractivity contribution in [2.24, 2.45) is 0 Å². The summed E-state index contributed by atoms with van der Waals surface area (Å²) in [6, 6.07) is 5.72. The van der Waals surface area contributed by atoms with Gasteiger partial charge in [0.1, 0.15) is 5.52 Å². The lowest BCUT2D eigenvalue weighted by molar-refractivity contribution is 0.517. The largest absolute Gasteiger partial charge is 0.447 e. The molecular formula is C7H4INOS. The van der Waals surface area contributed by atoms with Crippen LogP contribution in [0, 0.1) is 0 Å². The van der Waals surface area contributed by atoms with Gasteiger partial charge in [-0.3, -0.25) is 4.98 Å². The lowest BCUT2D eigenvalue weighted by atomic mass is 10.4. The van der Waals surface area contributed by atoms with Gasteiger partial charge in [-0.05, 0) is 21.1 Å². The van der Waals surface area contributed by atoms with Crippen molar-refractivity contribution in [1.82, 2.24) is 4.98 Å². The Morgan fingerprint density at radius 2 is 2.45 bits per heavy atom. The molecule has 2 heterocycles. The molecule has 0 saturated carbocycles. The first-order valence-corrected chi connectivity index (χ1v) is 6.39. The highest BCUT2D eigenvalue weighted by Gasteiger charge is 2.01. The molecule has 0 saturated heterocycles. The van der Waals surface area contributed by atoms with Gasteiger partial charge in [-0.1, -0.05) is 0 Å². The van der Waals surface area contributed by atoms with E-state index in [1.54, 1.807) is 15.1 Å². The number of pyridine rings is 1. The molecule has 56 valence electrons. The Labute approximate surface area is 80.0 Å². The van der Waals surface area contributed by atoms with Crippen molar-refractivity contribution in [2.45, 2.75) is 5.09 Å². The second kappa shape index (κ2) is 3.02. The van der Waals surface area contributed by atoms with E-state index in [0.717, 1.165) is 16.2 Å². The molecule has 0 N–H and O–H groups in total. The Hall–Kier alpha value is -0.230. The van der Waals surface area contributed by atoms with Crippen LogP contribution in [-0.4, -0.2) is 4.98 Å². The SMILES string of the molecule is ISc1cc2ncccc2o1. The summed E-state index contributed by atoms with van der Waals surface area (Å²) in [6.07, 6.45) is 1.76. The molecule has 0 amide bonds. The van der Waals surface area contributed by atoms with Crippen molar-refractivity contribution in [3.05, 3.63) is 24.4 Å². The van der Waals surface area contributed by atoms with Crippen molar-refractivity contribution >= 4 is 41.2 Å². The minimum absolute atomic E-state index is 0.853. The average Bonchev–Trinajstić information content (AvgIpc) is 2.46. The number of nitrogens with zero attached hydrogens (tertiary/aromatic N) is 1. The first-order chi connectivity index (χ1) is 5.40. The smallest absolute Gasteiger partial charge is 0.173 e. The molecule has 0 fully saturated rings. The van der Waals surface area contributed by atoms with E-state index in [-0.39, 0.29) is 0 Å². The van der Waals surface area contributed by atoms with Crippen LogP contribution >= 0.6 is 30.1 Å². The van der Waals surface area contributed by atoms with Crippen LogP contribution in [0.1, 0.15) is 0 Å². The molecule has 0 aliphatic rings. The fourth-order valence-electron chi connectivity index (χ4n) is 0.885. The maximum Gasteiger partial charge on any atom is 0.173 e. The van der Waals surface area contributed by atoms with E-state index in [1.807, 2.05) is 18.2 Å². The van der Waals surface area contributed by atoms with E-state index < -0.39 is 0 Å². The molecule has 0 radical (unpaired) electrons. The van der Waals surface area contributed by atoms with Gasteiger partial charge in [-0.25, -0.2) is 0 Å². The molecule has 0 atom stereocenters. The first-order valence-electron chi connectivity index (χ1n) is 3.03. The predicted molar refractivity (Wildman–Crippen MR) is 53.9 cm³/mol. The van der Waals surface area contributed by atoms with Crippen molar-refractivity contribution < 1.29 is 4.42 Å². The topological polar surface area (TPSA) is 26.0 Å². The molecule has 0 aromatic carbocycles. The number of fused-ring (bicyclic) bond motifs is 1. The zero-order valence-electron chi connectivity index (χ0n) is 5.45. The molecule has 0 aliphatic heterocycles. The fraction of sp³-hybridized carbons (Fsp3) is 0. The number of halogens is 1. The summed E-state index contributed by atoms with van der Waals surface area (Å²) in [5, 5.41) is 0.902. The minimum Gasteiger partial charge on any atom is -0.447 e. The summed E-state index contributed by atoms with van der Waals surface area (Å²) in [6.45, 7) is 0. The van der Waals surface area contributed by atoms with Gasteiger partial charge in [0.2, 0.25) is 0 Å². The Kier molecular flexibility index (Phi) is 2.04. The molecule has 2 nitrogen and oxygen atoms in total. The van der Waals surface area contributed by atoms with E-state index in [4.69, 9.17) is 4.42 Å². The third-order valence-corrected chi connectivity index (χ3v) is 3.00. The first kappa shape index (κ1) is 7.42. The Bertz CT molecular complexity index is 340. The third-order valence-electron chi connectivity index (χ3n) is 1.34. The highest BCUT2D eigenvalue weighted by Crippen LogP contribution is 2.29. The maximum atomic E-state index is 5.41. The molecule has 2 aromatic heterocycles. The van der Waals surface area contributed by atoms with Gasteiger partial charge in [0.15, 0.2) is 10.7 Å². The van der Waals surface area contributed by atoms with Crippen molar-refractivity contribution in [1.29, 1.82) is 0 Å². The van der Waals surface area contributed by atoms with Gasteiger partial charge in [0.05, 0.1) is 0 Å². The van der Waals surface area contributed by atoms with Gasteiger partial charge in [0.25, 0.3) is 0 Å². The molecule has 0 aliphatic carbocycles. The van der Waals surface area contributed by atoms with Gasteiger partial charge < -0.3 is 4.42 Å². The Morgan fingerprint density at radius 3 is 3.18 bits per heavy atom. The van der Waals surface area contributed by atoms with Gasteiger partial charge in [-0.15, -0.1) is 0 Å². The number of furan rings is 1. The van der Waals surface area contributed by atoms with Crippen LogP contribution in [0.3, 0.4) is 0 Å². The van der Waals surface area contributed by atoms with Crippen LogP contribution in [-0.2, 0) is 0 Å². The molecule has 11 heavy (non-hydrogen) atoms. The molecule has 0 bridgehead atoms. The van der Waals surface area contributed by atoms with Crippen LogP contribution in [0.5, 0.6) is 0 Å². The summed E-state index contributed by atoms with van der Waals surface area (Å²) in [5.74, 6) is 0. The molecule has 4 heteroatoms. The zero-order valence-corrected chi connectivity index (χ0v) is 8.43. The van der Waals surface area contributed by atoms with Crippen LogP contribution in [0.25, 0.3) is 11.1 Å². The predicted octanol–water partition coefficient (Wildman–Crippen LogP) is 3.27. The quantitative estimate of drug-likeness (QED) is 0.748. The summed E-state index contributed by atoms with van der Waals surface area (Å²) < 4.78 is 5.41. The number of hydrogen-bond acceptors (Lipinski definition) is 3. The van der Waals surface area contributed by atoms with Gasteiger partial charge in [-0.2, -0.15) is 0 Å². The van der Waals surface area contributed by atoms with Crippen molar-refractivity contribution in [3.63, 3.8) is 0 Å². The normalized spacial score (nSPS) is 10.6. The van der Waals surface area contributed by atoms with Crippen molar-refractivity contribution in [3.8, 4) is 0 Å². The average molecular weight is 277 g/mol. The van der Waals surface area contributed by atoms with Crippen LogP contribution in [0.2, 0.25) is 0 Å². The Morgan fingerprint density at radius 1 is 1.55 bits per heavy atom. The summed E-state index contributed by atoms with van der Waals surface area (Å²) in [4.78, 5) is 4.14. The monoisotopic (exact) mass is 277 g/mol.